The van der Waals surface area contributed by atoms with Gasteiger partial charge in [-0.2, -0.15) is 0 Å². The number of nitrogens with one attached hydrogen (secondary N) is 2. The number of carbonyl (C=O) groups excluding carboxylic acids is 1. The second-order valence-electron chi connectivity index (χ2n) is 4.48. The fraction of sp³-hybridized carbons (Fsp3) is 0.500. The fourth-order valence-corrected chi connectivity index (χ4v) is 1.99. The lowest BCUT2D eigenvalue weighted by atomic mass is 10.1. The Morgan fingerprint density at radius 3 is 2.95 bits per heavy atom. The van der Waals surface area contributed by atoms with Crippen LogP contribution in [0.25, 0.3) is 0 Å². The molecule has 0 saturated carbocycles. The Kier molecular flexibility index (Phi) is 6.78. The van der Waals surface area contributed by atoms with Crippen molar-refractivity contribution in [2.24, 2.45) is 0 Å². The molecule has 1 aromatic rings. The fourth-order valence-electron chi connectivity index (χ4n) is 1.99. The first-order valence-electron chi connectivity index (χ1n) is 6.56. The van der Waals surface area contributed by atoms with Crippen LogP contribution in [0.2, 0.25) is 0 Å². The normalized spacial score (nSPS) is 18.0. The Morgan fingerprint density at radius 1 is 1.55 bits per heavy atom. The van der Waals surface area contributed by atoms with Gasteiger partial charge in [0.1, 0.15) is 11.8 Å². The summed E-state index contributed by atoms with van der Waals surface area (Å²) in [5.41, 5.74) is 1.79. The van der Waals surface area contributed by atoms with E-state index in [1.165, 1.54) is 0 Å². The molecule has 1 fully saturated rings. The molecular formula is C14H21ClN2O3. The van der Waals surface area contributed by atoms with Gasteiger partial charge >= 0.3 is 0 Å². The minimum Gasteiger partial charge on any atom is -0.494 e. The van der Waals surface area contributed by atoms with Gasteiger partial charge in [0, 0.05) is 12.2 Å². The first kappa shape index (κ1) is 16.8. The van der Waals surface area contributed by atoms with Crippen LogP contribution in [0.3, 0.4) is 0 Å². The van der Waals surface area contributed by atoms with Crippen molar-refractivity contribution < 1.29 is 14.3 Å². The summed E-state index contributed by atoms with van der Waals surface area (Å²) in [6, 6.07) is 5.36. The summed E-state index contributed by atoms with van der Waals surface area (Å²) in [6.45, 7) is 6.31. The van der Waals surface area contributed by atoms with Crippen molar-refractivity contribution in [1.82, 2.24) is 5.32 Å². The highest BCUT2D eigenvalue weighted by Crippen LogP contribution is 2.21. The van der Waals surface area contributed by atoms with Gasteiger partial charge in [0.2, 0.25) is 5.91 Å². The molecular weight excluding hydrogens is 280 g/mol. The topological polar surface area (TPSA) is 59.6 Å². The number of ether oxygens (including phenoxy) is 2. The zero-order chi connectivity index (χ0) is 13.7. The molecule has 0 spiro atoms. The molecule has 2 N–H and O–H groups in total. The SMILES string of the molecule is CCOc1ccc(NC(=O)C2COCCN2)c(C)c1.Cl. The van der Waals surface area contributed by atoms with Crippen molar-refractivity contribution in [3.8, 4) is 5.75 Å². The van der Waals surface area contributed by atoms with E-state index in [0.29, 0.717) is 26.4 Å². The van der Waals surface area contributed by atoms with E-state index >= 15 is 0 Å². The number of hydrogen-bond donors (Lipinski definition) is 2. The number of hydrogen-bond acceptors (Lipinski definition) is 4. The van der Waals surface area contributed by atoms with Crippen LogP contribution in [0.15, 0.2) is 18.2 Å². The van der Waals surface area contributed by atoms with E-state index < -0.39 is 0 Å². The van der Waals surface area contributed by atoms with Crippen molar-refractivity contribution in [3.63, 3.8) is 0 Å². The summed E-state index contributed by atoms with van der Waals surface area (Å²) in [5, 5.41) is 6.04. The zero-order valence-corrected chi connectivity index (χ0v) is 12.6. The van der Waals surface area contributed by atoms with E-state index in [0.717, 1.165) is 17.0 Å². The third-order valence-corrected chi connectivity index (χ3v) is 3.00. The molecule has 2 rings (SSSR count). The Bertz CT molecular complexity index is 448. The van der Waals surface area contributed by atoms with E-state index in [9.17, 15) is 4.79 Å². The number of halogens is 1. The summed E-state index contributed by atoms with van der Waals surface area (Å²) in [7, 11) is 0. The largest absolute Gasteiger partial charge is 0.494 e. The quantitative estimate of drug-likeness (QED) is 0.889. The van der Waals surface area contributed by atoms with E-state index in [-0.39, 0.29) is 24.4 Å². The molecule has 1 aromatic carbocycles. The molecule has 0 aliphatic carbocycles. The summed E-state index contributed by atoms with van der Waals surface area (Å²) in [5.74, 6) is 0.754. The highest BCUT2D eigenvalue weighted by Gasteiger charge is 2.21. The van der Waals surface area contributed by atoms with E-state index in [2.05, 4.69) is 10.6 Å². The van der Waals surface area contributed by atoms with Crippen LogP contribution in [0, 0.1) is 6.92 Å². The number of rotatable bonds is 4. The lowest BCUT2D eigenvalue weighted by Gasteiger charge is -2.23. The molecule has 0 radical (unpaired) electrons. The van der Waals surface area contributed by atoms with Crippen LogP contribution in [0.1, 0.15) is 12.5 Å². The molecule has 1 unspecified atom stereocenters. The second kappa shape index (κ2) is 8.09. The van der Waals surface area contributed by atoms with Crippen molar-refractivity contribution in [2.75, 3.05) is 31.7 Å². The second-order valence-corrected chi connectivity index (χ2v) is 4.48. The summed E-state index contributed by atoms with van der Waals surface area (Å²) in [6.07, 6.45) is 0. The molecule has 0 bridgehead atoms. The van der Waals surface area contributed by atoms with Gasteiger partial charge in [-0.1, -0.05) is 0 Å². The maximum atomic E-state index is 12.0. The molecule has 1 aliphatic rings. The number of anilines is 1. The molecule has 20 heavy (non-hydrogen) atoms. The molecule has 1 aliphatic heterocycles. The van der Waals surface area contributed by atoms with Crippen molar-refractivity contribution in [1.29, 1.82) is 0 Å². The standard InChI is InChI=1S/C14H20N2O3.ClH/c1-3-19-11-4-5-12(10(2)8-11)16-14(17)13-9-18-7-6-15-13;/h4-5,8,13,15H,3,6-7,9H2,1-2H3,(H,16,17);1H. The lowest BCUT2D eigenvalue weighted by Crippen LogP contribution is -2.48. The van der Waals surface area contributed by atoms with Gasteiger partial charge in [0.15, 0.2) is 0 Å². The van der Waals surface area contributed by atoms with Crippen molar-refractivity contribution in [2.45, 2.75) is 19.9 Å². The molecule has 112 valence electrons. The van der Waals surface area contributed by atoms with Gasteiger partial charge in [-0.25, -0.2) is 0 Å². The summed E-state index contributed by atoms with van der Waals surface area (Å²) < 4.78 is 10.7. The molecule has 1 amide bonds. The van der Waals surface area contributed by atoms with Gasteiger partial charge in [0.25, 0.3) is 0 Å². The van der Waals surface area contributed by atoms with Gasteiger partial charge in [-0.05, 0) is 37.6 Å². The summed E-state index contributed by atoms with van der Waals surface area (Å²) in [4.78, 5) is 12.0. The Hall–Kier alpha value is -1.30. The highest BCUT2D eigenvalue weighted by atomic mass is 35.5. The zero-order valence-electron chi connectivity index (χ0n) is 11.8. The van der Waals surface area contributed by atoms with Crippen LogP contribution in [0.4, 0.5) is 5.69 Å². The molecule has 5 nitrogen and oxygen atoms in total. The minimum absolute atomic E-state index is 0. The maximum Gasteiger partial charge on any atom is 0.243 e. The van der Waals surface area contributed by atoms with E-state index in [4.69, 9.17) is 9.47 Å². The van der Waals surface area contributed by atoms with Crippen LogP contribution >= 0.6 is 12.4 Å². The predicted molar refractivity (Wildman–Crippen MR) is 80.8 cm³/mol. The first-order chi connectivity index (χ1) is 9.20. The van der Waals surface area contributed by atoms with E-state index in [1.54, 1.807) is 0 Å². The smallest absolute Gasteiger partial charge is 0.243 e. The number of morpholine rings is 1. The first-order valence-corrected chi connectivity index (χ1v) is 6.56. The average Bonchev–Trinajstić information content (AvgIpc) is 2.43. The Balaban J connectivity index is 0.00000200. The molecule has 1 heterocycles. The van der Waals surface area contributed by atoms with Gasteiger partial charge in [-0.3, -0.25) is 4.79 Å². The monoisotopic (exact) mass is 300 g/mol. The van der Waals surface area contributed by atoms with Crippen molar-refractivity contribution in [3.05, 3.63) is 23.8 Å². The van der Waals surface area contributed by atoms with Crippen LogP contribution in [-0.4, -0.2) is 38.3 Å². The Labute approximate surface area is 125 Å². The number of amides is 1. The van der Waals surface area contributed by atoms with Gasteiger partial charge < -0.3 is 20.1 Å². The third-order valence-electron chi connectivity index (χ3n) is 3.00. The molecule has 1 atom stereocenters. The van der Waals surface area contributed by atoms with Crippen molar-refractivity contribution >= 4 is 24.0 Å². The van der Waals surface area contributed by atoms with Gasteiger partial charge in [0.05, 0.1) is 19.8 Å². The number of benzene rings is 1. The highest BCUT2D eigenvalue weighted by molar-refractivity contribution is 5.95. The van der Waals surface area contributed by atoms with Gasteiger partial charge in [-0.15, -0.1) is 12.4 Å². The van der Waals surface area contributed by atoms with E-state index in [1.807, 2.05) is 32.0 Å². The van der Waals surface area contributed by atoms with Crippen LogP contribution in [0.5, 0.6) is 5.75 Å². The number of aryl methyl sites for hydroxylation is 1. The molecule has 1 saturated heterocycles. The summed E-state index contributed by atoms with van der Waals surface area (Å²) >= 11 is 0. The predicted octanol–water partition coefficient (Wildman–Crippen LogP) is 1.74. The number of carbonyl (C=O) groups is 1. The lowest BCUT2D eigenvalue weighted by molar-refractivity contribution is -0.120. The third kappa shape index (κ3) is 4.37. The molecule has 6 heteroatoms. The Morgan fingerprint density at radius 2 is 2.35 bits per heavy atom. The maximum absolute atomic E-state index is 12.0. The van der Waals surface area contributed by atoms with Crippen LogP contribution in [-0.2, 0) is 9.53 Å². The minimum atomic E-state index is -0.278. The average molecular weight is 301 g/mol. The van der Waals surface area contributed by atoms with Crippen LogP contribution < -0.4 is 15.4 Å². The molecule has 0 aromatic heterocycles.